The van der Waals surface area contributed by atoms with Crippen molar-refractivity contribution in [3.05, 3.63) is 42.0 Å². The molecule has 0 N–H and O–H groups in total. The number of amides is 1. The second-order valence-electron chi connectivity index (χ2n) is 4.76. The molecule has 0 aliphatic carbocycles. The molecule has 7 heteroatoms. The Morgan fingerprint density at radius 2 is 2.14 bits per heavy atom. The summed E-state index contributed by atoms with van der Waals surface area (Å²) in [4.78, 5) is 23.8. The van der Waals surface area contributed by atoms with Gasteiger partial charge in [0, 0.05) is 6.42 Å². The van der Waals surface area contributed by atoms with E-state index in [1.165, 1.54) is 0 Å². The van der Waals surface area contributed by atoms with E-state index in [9.17, 15) is 18.4 Å². The molecule has 118 valence electrons. The minimum atomic E-state index is -2.73. The zero-order valence-corrected chi connectivity index (χ0v) is 12.8. The third kappa shape index (κ3) is 3.61. The van der Waals surface area contributed by atoms with Gasteiger partial charge in [-0.3, -0.25) is 18.1 Å². The number of rotatable bonds is 5. The minimum absolute atomic E-state index is 0.170. The van der Waals surface area contributed by atoms with E-state index in [4.69, 9.17) is 4.74 Å². The molecular weight excluding hydrogens is 306 g/mol. The van der Waals surface area contributed by atoms with Gasteiger partial charge in [0.2, 0.25) is 5.91 Å². The van der Waals surface area contributed by atoms with Crippen molar-refractivity contribution in [1.82, 2.24) is 4.31 Å². The first-order valence-electron chi connectivity index (χ1n) is 6.86. The first-order valence-corrected chi connectivity index (χ1v) is 7.89. The van der Waals surface area contributed by atoms with Gasteiger partial charge >= 0.3 is 5.97 Å². The van der Waals surface area contributed by atoms with Crippen LogP contribution in [0.5, 0.6) is 0 Å². The molecule has 3 atom stereocenters. The van der Waals surface area contributed by atoms with Crippen molar-refractivity contribution in [2.24, 2.45) is 5.92 Å². The van der Waals surface area contributed by atoms with Crippen LogP contribution in [0.2, 0.25) is 0 Å². The molecular formula is C15H16NO5S-. The standard InChI is InChI=1S/C15H17NO5S/c1-2-21-15(18)12-10-14(17)16(22(19)20)13(12)9-8-11-6-4-3-5-7-11/h3-9,12-13H,2,10H2,1H3,(H,19,20)/p-1/b9-8+/t12-,13-/m0/s1. The van der Waals surface area contributed by atoms with E-state index in [2.05, 4.69) is 0 Å². The van der Waals surface area contributed by atoms with Gasteiger partial charge in [-0.05, 0) is 12.5 Å². The zero-order valence-electron chi connectivity index (χ0n) is 12.0. The fourth-order valence-electron chi connectivity index (χ4n) is 2.37. The van der Waals surface area contributed by atoms with Gasteiger partial charge in [-0.25, -0.2) is 0 Å². The summed E-state index contributed by atoms with van der Waals surface area (Å²) >= 11 is -2.73. The Hall–Kier alpha value is -1.99. The predicted octanol–water partition coefficient (Wildman–Crippen LogP) is 1.27. The Labute approximate surface area is 131 Å². The van der Waals surface area contributed by atoms with Gasteiger partial charge in [-0.1, -0.05) is 42.5 Å². The maximum absolute atomic E-state index is 11.9. The Morgan fingerprint density at radius 3 is 2.73 bits per heavy atom. The molecule has 22 heavy (non-hydrogen) atoms. The monoisotopic (exact) mass is 322 g/mol. The molecule has 6 nitrogen and oxygen atoms in total. The fourth-order valence-corrected chi connectivity index (χ4v) is 3.03. The van der Waals surface area contributed by atoms with Crippen molar-refractivity contribution in [2.45, 2.75) is 19.4 Å². The average molecular weight is 322 g/mol. The van der Waals surface area contributed by atoms with Crippen LogP contribution in [-0.2, 0) is 25.6 Å². The van der Waals surface area contributed by atoms with E-state index in [0.29, 0.717) is 4.31 Å². The largest absolute Gasteiger partial charge is 0.755 e. The molecule has 1 aromatic carbocycles. The van der Waals surface area contributed by atoms with E-state index in [1.807, 2.05) is 30.3 Å². The van der Waals surface area contributed by atoms with Crippen molar-refractivity contribution in [3.63, 3.8) is 0 Å². The van der Waals surface area contributed by atoms with Crippen molar-refractivity contribution < 1.29 is 23.1 Å². The third-order valence-electron chi connectivity index (χ3n) is 3.36. The number of hydrogen-bond donors (Lipinski definition) is 0. The second-order valence-corrected chi connectivity index (χ2v) is 5.59. The van der Waals surface area contributed by atoms with Crippen LogP contribution in [0.3, 0.4) is 0 Å². The fraction of sp³-hybridized carbons (Fsp3) is 0.333. The van der Waals surface area contributed by atoms with Crippen LogP contribution in [0.25, 0.3) is 6.08 Å². The summed E-state index contributed by atoms with van der Waals surface area (Å²) in [6.45, 7) is 1.84. The van der Waals surface area contributed by atoms with E-state index in [1.54, 1.807) is 19.1 Å². The molecule has 1 aromatic rings. The Kier molecular flexibility index (Phi) is 5.46. The van der Waals surface area contributed by atoms with Crippen LogP contribution in [-0.4, -0.2) is 37.6 Å². The van der Waals surface area contributed by atoms with Crippen molar-refractivity contribution in [1.29, 1.82) is 0 Å². The quantitative estimate of drug-likeness (QED) is 0.602. The smallest absolute Gasteiger partial charge is 0.311 e. The molecule has 2 rings (SSSR count). The van der Waals surface area contributed by atoms with Gasteiger partial charge in [0.05, 0.1) is 29.8 Å². The van der Waals surface area contributed by atoms with Gasteiger partial charge in [-0.15, -0.1) is 0 Å². The maximum Gasteiger partial charge on any atom is 0.311 e. The SMILES string of the molecule is CCOC(=O)[C@H]1CC(=O)N(S(=O)[O-])[C@H]1/C=C/c1ccccc1. The highest BCUT2D eigenvalue weighted by molar-refractivity contribution is 7.77. The van der Waals surface area contributed by atoms with Gasteiger partial charge in [-0.2, -0.15) is 0 Å². The second kappa shape index (κ2) is 7.33. The molecule has 1 amide bonds. The maximum atomic E-state index is 11.9. The Morgan fingerprint density at radius 1 is 1.45 bits per heavy atom. The molecule has 0 bridgehead atoms. The predicted molar refractivity (Wildman–Crippen MR) is 79.8 cm³/mol. The number of nitrogens with zero attached hydrogens (tertiary/aromatic N) is 1. The summed E-state index contributed by atoms with van der Waals surface area (Å²) in [6, 6.07) is 8.36. The number of benzene rings is 1. The van der Waals surface area contributed by atoms with Gasteiger partial charge in [0.1, 0.15) is 0 Å². The number of ether oxygens (including phenoxy) is 1. The normalized spacial score (nSPS) is 23.0. The van der Waals surface area contributed by atoms with E-state index in [-0.39, 0.29) is 13.0 Å². The zero-order chi connectivity index (χ0) is 16.1. The molecule has 1 unspecified atom stereocenters. The minimum Gasteiger partial charge on any atom is -0.755 e. The van der Waals surface area contributed by atoms with Crippen molar-refractivity contribution in [3.8, 4) is 0 Å². The number of hydrogen-bond acceptors (Lipinski definition) is 5. The van der Waals surface area contributed by atoms with E-state index < -0.39 is 35.1 Å². The third-order valence-corrected chi connectivity index (χ3v) is 4.13. The molecule has 1 aliphatic heterocycles. The van der Waals surface area contributed by atoms with Crippen molar-refractivity contribution >= 4 is 29.2 Å². The summed E-state index contributed by atoms with van der Waals surface area (Å²) < 4.78 is 28.2. The first kappa shape index (κ1) is 16.4. The summed E-state index contributed by atoms with van der Waals surface area (Å²) in [6.07, 6.45) is 3.07. The highest BCUT2D eigenvalue weighted by atomic mass is 32.2. The molecule has 1 fully saturated rings. The van der Waals surface area contributed by atoms with Crippen LogP contribution in [0, 0.1) is 5.92 Å². The number of esters is 1. The lowest BCUT2D eigenvalue weighted by Gasteiger charge is -2.26. The molecule has 0 aromatic heterocycles. The highest BCUT2D eigenvalue weighted by Gasteiger charge is 2.44. The molecule has 0 radical (unpaired) electrons. The van der Waals surface area contributed by atoms with Crippen molar-refractivity contribution in [2.75, 3.05) is 6.61 Å². The van der Waals surface area contributed by atoms with Crippen LogP contribution in [0.1, 0.15) is 18.9 Å². The number of carbonyl (C=O) groups is 2. The van der Waals surface area contributed by atoms with Gasteiger partial charge in [0.25, 0.3) is 0 Å². The molecule has 1 heterocycles. The summed E-state index contributed by atoms with van der Waals surface area (Å²) in [5, 5.41) is 0. The summed E-state index contributed by atoms with van der Waals surface area (Å²) in [5.41, 5.74) is 0.848. The lowest BCUT2D eigenvalue weighted by molar-refractivity contribution is -0.148. The Bertz CT molecular complexity index is 601. The summed E-state index contributed by atoms with van der Waals surface area (Å²) in [7, 11) is 0. The van der Waals surface area contributed by atoms with Gasteiger partial charge < -0.3 is 9.29 Å². The summed E-state index contributed by atoms with van der Waals surface area (Å²) in [5.74, 6) is -1.98. The topological polar surface area (TPSA) is 86.7 Å². The average Bonchev–Trinajstić information content (AvgIpc) is 2.83. The van der Waals surface area contributed by atoms with Crippen LogP contribution in [0.15, 0.2) is 36.4 Å². The van der Waals surface area contributed by atoms with E-state index >= 15 is 0 Å². The van der Waals surface area contributed by atoms with E-state index in [0.717, 1.165) is 5.56 Å². The molecule has 0 spiro atoms. The lowest BCUT2D eigenvalue weighted by atomic mass is 9.99. The van der Waals surface area contributed by atoms with Crippen LogP contribution < -0.4 is 0 Å². The Balaban J connectivity index is 2.27. The molecule has 1 saturated heterocycles. The number of carbonyl (C=O) groups excluding carboxylic acids is 2. The van der Waals surface area contributed by atoms with Gasteiger partial charge in [0.15, 0.2) is 0 Å². The van der Waals surface area contributed by atoms with Crippen LogP contribution >= 0.6 is 0 Å². The first-order chi connectivity index (χ1) is 10.5. The molecule has 0 saturated carbocycles. The lowest BCUT2D eigenvalue weighted by Crippen LogP contribution is -2.37. The molecule has 1 aliphatic rings. The highest BCUT2D eigenvalue weighted by Crippen LogP contribution is 2.29. The van der Waals surface area contributed by atoms with Crippen LogP contribution in [0.4, 0.5) is 0 Å².